The van der Waals surface area contributed by atoms with Crippen molar-refractivity contribution < 1.29 is 4.39 Å². The summed E-state index contributed by atoms with van der Waals surface area (Å²) in [6, 6.07) is 0. The molecule has 50 valence electrons. The molecule has 0 aliphatic carbocycles. The standard InChI is InChI=1S/C6H9FN2/c1-2-6(7)5-9-4-3-8/h3-5,8H,2H2,1H3/b6-5+,8-3?,9-4-. The highest BCUT2D eigenvalue weighted by Crippen LogP contribution is 1.99. The largest absolute Gasteiger partial charge is 0.307 e. The molecule has 0 unspecified atom stereocenters. The van der Waals surface area contributed by atoms with Crippen LogP contribution in [0.3, 0.4) is 0 Å². The summed E-state index contributed by atoms with van der Waals surface area (Å²) in [4.78, 5) is 3.46. The van der Waals surface area contributed by atoms with Gasteiger partial charge in [-0.1, -0.05) is 6.92 Å². The number of hydrogen-bond donors (Lipinski definition) is 1. The lowest BCUT2D eigenvalue weighted by Crippen LogP contribution is -1.70. The molecule has 0 rings (SSSR count). The number of aliphatic imine (C=N–C) groups is 1. The predicted molar refractivity (Wildman–Crippen MR) is 36.8 cm³/mol. The van der Waals surface area contributed by atoms with E-state index in [1.165, 1.54) is 6.21 Å². The van der Waals surface area contributed by atoms with Crippen molar-refractivity contribution in [2.24, 2.45) is 4.99 Å². The van der Waals surface area contributed by atoms with E-state index in [1.807, 2.05) is 0 Å². The van der Waals surface area contributed by atoms with E-state index in [9.17, 15) is 4.39 Å². The van der Waals surface area contributed by atoms with Crippen LogP contribution in [0.25, 0.3) is 0 Å². The Hall–Kier alpha value is -0.990. The Morgan fingerprint density at radius 2 is 2.44 bits per heavy atom. The first-order valence-electron chi connectivity index (χ1n) is 2.68. The number of allylic oxidation sites excluding steroid dienone is 1. The van der Waals surface area contributed by atoms with Gasteiger partial charge in [-0.05, 0) is 6.42 Å². The third kappa shape index (κ3) is 4.87. The van der Waals surface area contributed by atoms with Gasteiger partial charge < -0.3 is 5.41 Å². The predicted octanol–water partition coefficient (Wildman–Crippen LogP) is 1.93. The number of hydrogen-bond acceptors (Lipinski definition) is 2. The number of nitrogens with zero attached hydrogens (tertiary/aromatic N) is 1. The van der Waals surface area contributed by atoms with Crippen molar-refractivity contribution in [1.82, 2.24) is 0 Å². The molecule has 0 atom stereocenters. The summed E-state index contributed by atoms with van der Waals surface area (Å²) < 4.78 is 12.1. The zero-order chi connectivity index (χ0) is 7.11. The van der Waals surface area contributed by atoms with Gasteiger partial charge in [0.25, 0.3) is 0 Å². The molecular weight excluding hydrogens is 119 g/mol. The van der Waals surface area contributed by atoms with Crippen molar-refractivity contribution in [3.63, 3.8) is 0 Å². The molecule has 0 amide bonds. The summed E-state index contributed by atoms with van der Waals surface area (Å²) in [5.74, 6) is -0.270. The lowest BCUT2D eigenvalue weighted by atomic mass is 10.4. The van der Waals surface area contributed by atoms with E-state index in [4.69, 9.17) is 5.41 Å². The summed E-state index contributed by atoms with van der Waals surface area (Å²) >= 11 is 0. The first kappa shape index (κ1) is 8.01. The molecule has 9 heavy (non-hydrogen) atoms. The van der Waals surface area contributed by atoms with Gasteiger partial charge in [0.05, 0.1) is 6.20 Å². The van der Waals surface area contributed by atoms with Crippen LogP contribution < -0.4 is 0 Å². The summed E-state index contributed by atoms with van der Waals surface area (Å²) in [5, 5.41) is 6.48. The van der Waals surface area contributed by atoms with Gasteiger partial charge in [-0.15, -0.1) is 0 Å². The molecule has 0 fully saturated rings. The van der Waals surface area contributed by atoms with Gasteiger partial charge >= 0.3 is 0 Å². The van der Waals surface area contributed by atoms with E-state index in [0.29, 0.717) is 6.42 Å². The fourth-order valence-corrected chi connectivity index (χ4v) is 0.258. The molecule has 0 aromatic rings. The normalized spacial score (nSPS) is 12.4. The van der Waals surface area contributed by atoms with E-state index in [-0.39, 0.29) is 5.83 Å². The van der Waals surface area contributed by atoms with E-state index in [1.54, 1.807) is 6.92 Å². The average molecular weight is 128 g/mol. The molecule has 0 saturated carbocycles. The van der Waals surface area contributed by atoms with Gasteiger partial charge in [-0.2, -0.15) is 0 Å². The minimum absolute atomic E-state index is 0.270. The average Bonchev–Trinajstić information content (AvgIpc) is 1.89. The highest BCUT2D eigenvalue weighted by Gasteiger charge is 1.82. The minimum Gasteiger partial charge on any atom is -0.307 e. The van der Waals surface area contributed by atoms with Crippen LogP contribution in [0.1, 0.15) is 13.3 Å². The minimum atomic E-state index is -0.270. The molecule has 0 radical (unpaired) electrons. The maximum Gasteiger partial charge on any atom is 0.118 e. The van der Waals surface area contributed by atoms with Crippen molar-refractivity contribution in [1.29, 1.82) is 5.41 Å². The molecular formula is C6H9FN2. The molecule has 0 saturated heterocycles. The first-order chi connectivity index (χ1) is 4.31. The van der Waals surface area contributed by atoms with Crippen molar-refractivity contribution in [3.05, 3.63) is 12.0 Å². The molecule has 0 aliphatic rings. The van der Waals surface area contributed by atoms with E-state index < -0.39 is 0 Å². The zero-order valence-corrected chi connectivity index (χ0v) is 5.26. The zero-order valence-electron chi connectivity index (χ0n) is 5.26. The van der Waals surface area contributed by atoms with Gasteiger partial charge in [-0.3, -0.25) is 4.99 Å². The molecule has 0 aromatic heterocycles. The Balaban J connectivity index is 3.67. The molecule has 0 aromatic carbocycles. The molecule has 1 N–H and O–H groups in total. The van der Waals surface area contributed by atoms with E-state index in [0.717, 1.165) is 12.4 Å². The van der Waals surface area contributed by atoms with Gasteiger partial charge in [0, 0.05) is 12.4 Å². The van der Waals surface area contributed by atoms with Crippen LogP contribution in [0, 0.1) is 5.41 Å². The maximum absolute atomic E-state index is 12.1. The highest BCUT2D eigenvalue weighted by atomic mass is 19.1. The van der Waals surface area contributed by atoms with E-state index >= 15 is 0 Å². The van der Waals surface area contributed by atoms with Crippen LogP contribution in [0.4, 0.5) is 4.39 Å². The second kappa shape index (κ2) is 5.15. The van der Waals surface area contributed by atoms with Gasteiger partial charge in [0.2, 0.25) is 0 Å². The van der Waals surface area contributed by atoms with Crippen molar-refractivity contribution in [2.45, 2.75) is 13.3 Å². The third-order valence-corrected chi connectivity index (χ3v) is 0.713. The number of halogens is 1. The summed E-state index contributed by atoms with van der Waals surface area (Å²) in [6.07, 6.45) is 3.68. The van der Waals surface area contributed by atoms with Crippen LogP contribution in [-0.4, -0.2) is 12.4 Å². The third-order valence-electron chi connectivity index (χ3n) is 0.713. The van der Waals surface area contributed by atoms with E-state index in [2.05, 4.69) is 4.99 Å². The first-order valence-corrected chi connectivity index (χ1v) is 2.68. The maximum atomic E-state index is 12.1. The van der Waals surface area contributed by atoms with Gasteiger partial charge in [0.1, 0.15) is 5.83 Å². The van der Waals surface area contributed by atoms with Crippen molar-refractivity contribution in [3.8, 4) is 0 Å². The number of nitrogens with one attached hydrogen (secondary N) is 1. The van der Waals surface area contributed by atoms with Crippen LogP contribution in [0.2, 0.25) is 0 Å². The fourth-order valence-electron chi connectivity index (χ4n) is 0.258. The molecule has 2 nitrogen and oxygen atoms in total. The highest BCUT2D eigenvalue weighted by molar-refractivity contribution is 6.14. The second-order valence-corrected chi connectivity index (χ2v) is 1.39. The SMILES string of the molecule is CC/C(F)=C\N=C/C=N. The van der Waals surface area contributed by atoms with Crippen LogP contribution in [-0.2, 0) is 0 Å². The summed E-state index contributed by atoms with van der Waals surface area (Å²) in [5.41, 5.74) is 0. The number of rotatable bonds is 3. The monoisotopic (exact) mass is 128 g/mol. The Kier molecular flexibility index (Phi) is 4.59. The smallest absolute Gasteiger partial charge is 0.118 e. The van der Waals surface area contributed by atoms with Crippen molar-refractivity contribution >= 4 is 12.4 Å². The quantitative estimate of drug-likeness (QED) is 0.564. The topological polar surface area (TPSA) is 36.2 Å². The second-order valence-electron chi connectivity index (χ2n) is 1.39. The summed E-state index contributed by atoms with van der Waals surface area (Å²) in [7, 11) is 0. The van der Waals surface area contributed by atoms with Gasteiger partial charge in [-0.25, -0.2) is 4.39 Å². The molecule has 0 bridgehead atoms. The lowest BCUT2D eigenvalue weighted by Gasteiger charge is -1.81. The lowest BCUT2D eigenvalue weighted by molar-refractivity contribution is 0.601. The molecule has 0 spiro atoms. The van der Waals surface area contributed by atoms with Crippen molar-refractivity contribution in [2.75, 3.05) is 0 Å². The Morgan fingerprint density at radius 3 is 2.89 bits per heavy atom. The van der Waals surface area contributed by atoms with Crippen LogP contribution in [0.15, 0.2) is 17.0 Å². The Morgan fingerprint density at radius 1 is 1.78 bits per heavy atom. The van der Waals surface area contributed by atoms with Gasteiger partial charge in [0.15, 0.2) is 0 Å². The fraction of sp³-hybridized carbons (Fsp3) is 0.333. The van der Waals surface area contributed by atoms with Crippen LogP contribution >= 0.6 is 0 Å². The van der Waals surface area contributed by atoms with Crippen LogP contribution in [0.5, 0.6) is 0 Å². The summed E-state index contributed by atoms with van der Waals surface area (Å²) in [6.45, 7) is 1.70. The molecule has 3 heteroatoms. The molecule has 0 aliphatic heterocycles. The Labute approximate surface area is 53.6 Å². The Bertz CT molecular complexity index is 138. The molecule has 0 heterocycles.